The summed E-state index contributed by atoms with van der Waals surface area (Å²) >= 11 is 0. The number of pyridine rings is 1. The Morgan fingerprint density at radius 1 is 1.28 bits per heavy atom. The highest BCUT2D eigenvalue weighted by molar-refractivity contribution is 5.91. The van der Waals surface area contributed by atoms with Gasteiger partial charge in [0.25, 0.3) is 5.91 Å². The fourth-order valence-corrected chi connectivity index (χ4v) is 6.15. The van der Waals surface area contributed by atoms with E-state index in [-0.39, 0.29) is 17.8 Å². The highest BCUT2D eigenvalue weighted by atomic mass is 16.3. The van der Waals surface area contributed by atoms with Gasteiger partial charge in [0.05, 0.1) is 17.6 Å². The number of H-pyrrole nitrogens is 1. The largest absolute Gasteiger partial charge is 0.384 e. The summed E-state index contributed by atoms with van der Waals surface area (Å²) in [6, 6.07) is 2.12. The number of nitrogens with two attached hydrogens (primary N) is 1. The number of amides is 1. The van der Waals surface area contributed by atoms with Crippen molar-refractivity contribution in [3.8, 4) is 11.1 Å². The highest BCUT2D eigenvalue weighted by Crippen LogP contribution is 2.45. The third-order valence-corrected chi connectivity index (χ3v) is 8.32. The number of aryl methyl sites for hydroxylation is 2. The highest BCUT2D eigenvalue weighted by Gasteiger charge is 2.34. The molecule has 5 heterocycles. The molecule has 39 heavy (non-hydrogen) atoms. The van der Waals surface area contributed by atoms with Crippen molar-refractivity contribution >= 4 is 17.4 Å². The van der Waals surface area contributed by atoms with Gasteiger partial charge in [0.2, 0.25) is 5.82 Å². The van der Waals surface area contributed by atoms with Crippen molar-refractivity contribution in [1.29, 1.82) is 0 Å². The standard InChI is InChI=1S/C28H31N9O2/c1-28(39)10-2-4-17-12-18(13-30-23(17)28)20-14-33-37-24(29)22(16-6-7-16)21(34-26(20)37)9-8-19-5-3-11-36(19)27(38)25-31-15-32-35-25/h3,11-16,19,39H,2,4-10,29H2,1H3,(H,31,32,35). The zero-order valence-corrected chi connectivity index (χ0v) is 21.8. The number of nitrogen functional groups attached to an aromatic ring is 1. The first kappa shape index (κ1) is 24.0. The normalized spacial score (nSPS) is 22.5. The van der Waals surface area contributed by atoms with E-state index in [1.165, 1.54) is 6.33 Å². The maximum Gasteiger partial charge on any atom is 0.295 e. The number of aromatic amines is 1. The molecule has 7 rings (SSSR count). The molecule has 2 unspecified atom stereocenters. The summed E-state index contributed by atoms with van der Waals surface area (Å²) in [6.07, 6.45) is 15.7. The molecule has 200 valence electrons. The van der Waals surface area contributed by atoms with Crippen LogP contribution in [-0.4, -0.2) is 56.7 Å². The number of anilines is 1. The van der Waals surface area contributed by atoms with Gasteiger partial charge in [0, 0.05) is 35.1 Å². The molecule has 3 aliphatic rings. The minimum atomic E-state index is -0.903. The van der Waals surface area contributed by atoms with Crippen LogP contribution in [0.4, 0.5) is 5.82 Å². The molecule has 0 spiro atoms. The van der Waals surface area contributed by atoms with E-state index in [2.05, 4.69) is 31.3 Å². The maximum absolute atomic E-state index is 12.9. The summed E-state index contributed by atoms with van der Waals surface area (Å²) in [7, 11) is 0. The Morgan fingerprint density at radius 3 is 2.95 bits per heavy atom. The summed E-state index contributed by atoms with van der Waals surface area (Å²) in [5.41, 5.74) is 12.2. The fourth-order valence-electron chi connectivity index (χ4n) is 6.15. The lowest BCUT2D eigenvalue weighted by molar-refractivity contribution is 0.0340. The Bertz CT molecular complexity index is 1600. The number of nitrogens with zero attached hydrogens (tertiary/aromatic N) is 7. The molecule has 4 aromatic heterocycles. The van der Waals surface area contributed by atoms with Crippen LogP contribution >= 0.6 is 0 Å². The Labute approximate surface area is 225 Å². The average molecular weight is 526 g/mol. The van der Waals surface area contributed by atoms with E-state index >= 15 is 0 Å². The van der Waals surface area contributed by atoms with E-state index in [9.17, 15) is 9.90 Å². The molecule has 1 saturated carbocycles. The van der Waals surface area contributed by atoms with Crippen molar-refractivity contribution in [2.24, 2.45) is 0 Å². The van der Waals surface area contributed by atoms with Crippen molar-refractivity contribution < 1.29 is 9.90 Å². The predicted octanol–water partition coefficient (Wildman–Crippen LogP) is 3.27. The van der Waals surface area contributed by atoms with E-state index in [4.69, 9.17) is 10.7 Å². The zero-order valence-electron chi connectivity index (χ0n) is 21.8. The van der Waals surface area contributed by atoms with Gasteiger partial charge < -0.3 is 15.7 Å². The molecule has 11 nitrogen and oxygen atoms in total. The van der Waals surface area contributed by atoms with Crippen molar-refractivity contribution in [3.05, 3.63) is 65.4 Å². The van der Waals surface area contributed by atoms with Gasteiger partial charge in [0.15, 0.2) is 5.65 Å². The first-order valence-corrected chi connectivity index (χ1v) is 13.6. The van der Waals surface area contributed by atoms with Crippen LogP contribution in [0.1, 0.15) is 84.5 Å². The predicted molar refractivity (Wildman–Crippen MR) is 144 cm³/mol. The van der Waals surface area contributed by atoms with E-state index in [1.54, 1.807) is 15.6 Å². The molecule has 0 radical (unpaired) electrons. The topological polar surface area (TPSA) is 151 Å². The zero-order chi connectivity index (χ0) is 26.7. The summed E-state index contributed by atoms with van der Waals surface area (Å²) in [6.45, 7) is 1.83. The number of aromatic nitrogens is 7. The lowest BCUT2D eigenvalue weighted by atomic mass is 9.83. The molecule has 0 aromatic carbocycles. The fraction of sp³-hybridized carbons (Fsp3) is 0.429. The Hall–Kier alpha value is -4.12. The number of hydrogen-bond donors (Lipinski definition) is 3. The van der Waals surface area contributed by atoms with E-state index in [1.807, 2.05) is 25.4 Å². The minimum Gasteiger partial charge on any atom is -0.384 e. The lowest BCUT2D eigenvalue weighted by Gasteiger charge is -2.29. The number of carbonyl (C=O) groups excluding carboxylic acids is 1. The van der Waals surface area contributed by atoms with Crippen LogP contribution in [0.15, 0.2) is 37.1 Å². The number of fused-ring (bicyclic) bond motifs is 2. The van der Waals surface area contributed by atoms with Gasteiger partial charge in [-0.15, -0.1) is 0 Å². The van der Waals surface area contributed by atoms with Gasteiger partial charge >= 0.3 is 0 Å². The molecular formula is C28H31N9O2. The Kier molecular flexibility index (Phi) is 5.51. The van der Waals surface area contributed by atoms with E-state index in [0.29, 0.717) is 30.2 Å². The maximum atomic E-state index is 12.9. The van der Waals surface area contributed by atoms with Crippen molar-refractivity contribution in [1.82, 2.24) is 39.7 Å². The number of carbonyl (C=O) groups is 1. The first-order chi connectivity index (χ1) is 18.9. The van der Waals surface area contributed by atoms with Crippen LogP contribution in [0.2, 0.25) is 0 Å². The van der Waals surface area contributed by atoms with Crippen molar-refractivity contribution in [2.45, 2.75) is 75.9 Å². The molecule has 4 aromatic rings. The van der Waals surface area contributed by atoms with E-state index in [0.717, 1.165) is 72.2 Å². The van der Waals surface area contributed by atoms with Gasteiger partial charge in [-0.2, -0.15) is 14.7 Å². The van der Waals surface area contributed by atoms with Crippen LogP contribution in [0.5, 0.6) is 0 Å². The summed E-state index contributed by atoms with van der Waals surface area (Å²) in [5.74, 6) is 1.08. The number of rotatable bonds is 6. The van der Waals surface area contributed by atoms with Gasteiger partial charge in [-0.1, -0.05) is 6.08 Å². The van der Waals surface area contributed by atoms with Crippen molar-refractivity contribution in [3.63, 3.8) is 0 Å². The summed E-state index contributed by atoms with van der Waals surface area (Å²) in [5, 5.41) is 21.9. The van der Waals surface area contributed by atoms with Crippen LogP contribution in [-0.2, 0) is 18.4 Å². The minimum absolute atomic E-state index is 0.0101. The second kappa shape index (κ2) is 8.98. The average Bonchev–Trinajstić information content (AvgIpc) is 3.31. The van der Waals surface area contributed by atoms with Gasteiger partial charge in [-0.25, -0.2) is 9.97 Å². The van der Waals surface area contributed by atoms with Gasteiger partial charge in [-0.05, 0) is 75.8 Å². The molecule has 1 amide bonds. The van der Waals surface area contributed by atoms with Crippen LogP contribution in [0.3, 0.4) is 0 Å². The second-order valence-electron chi connectivity index (χ2n) is 11.1. The number of nitrogens with one attached hydrogen (secondary N) is 1. The molecule has 4 N–H and O–H groups in total. The molecule has 0 saturated heterocycles. The van der Waals surface area contributed by atoms with Crippen molar-refractivity contribution in [2.75, 3.05) is 5.73 Å². The molecule has 2 atom stereocenters. The third-order valence-electron chi connectivity index (χ3n) is 8.32. The Morgan fingerprint density at radius 2 is 2.15 bits per heavy atom. The number of aliphatic hydroxyl groups is 1. The molecule has 1 aliphatic heterocycles. The molecular weight excluding hydrogens is 494 g/mol. The van der Waals surface area contributed by atoms with Crippen LogP contribution in [0.25, 0.3) is 16.8 Å². The molecule has 2 aliphatic carbocycles. The van der Waals surface area contributed by atoms with E-state index < -0.39 is 5.60 Å². The summed E-state index contributed by atoms with van der Waals surface area (Å²) < 4.78 is 1.75. The Balaban J connectivity index is 1.22. The van der Waals surface area contributed by atoms with Gasteiger partial charge in [-0.3, -0.25) is 14.9 Å². The second-order valence-corrected chi connectivity index (χ2v) is 11.1. The molecule has 1 fully saturated rings. The smallest absolute Gasteiger partial charge is 0.295 e. The van der Waals surface area contributed by atoms with Crippen LogP contribution in [0, 0.1) is 0 Å². The summed E-state index contributed by atoms with van der Waals surface area (Å²) in [4.78, 5) is 28.5. The SMILES string of the molecule is CC1(O)CCCc2cc(-c3cnn4c(N)c(C5CC5)c(CCC5CC=CN5C(=O)c5ncn[nH]5)nc34)cnc21. The molecule has 11 heteroatoms. The first-order valence-electron chi connectivity index (χ1n) is 13.6. The van der Waals surface area contributed by atoms with Crippen LogP contribution < -0.4 is 5.73 Å². The quantitative estimate of drug-likeness (QED) is 0.347. The lowest BCUT2D eigenvalue weighted by Crippen LogP contribution is -2.34. The number of hydrogen-bond acceptors (Lipinski definition) is 8. The van der Waals surface area contributed by atoms with Gasteiger partial charge in [0.1, 0.15) is 17.7 Å². The molecule has 0 bridgehead atoms. The monoisotopic (exact) mass is 525 g/mol. The third kappa shape index (κ3) is 4.08.